The van der Waals surface area contributed by atoms with Crippen LogP contribution in [0.5, 0.6) is 5.75 Å². The van der Waals surface area contributed by atoms with Crippen LogP contribution in [0.2, 0.25) is 10.0 Å². The average molecular weight is 288 g/mol. The molecule has 1 spiro atoms. The number of hydrogen-bond acceptors (Lipinski definition) is 3. The maximum absolute atomic E-state index is 6.25. The number of halogens is 2. The largest absolute Gasteiger partial charge is 0.484 e. The van der Waals surface area contributed by atoms with Crippen molar-refractivity contribution < 1.29 is 9.47 Å². The molecule has 1 aromatic rings. The van der Waals surface area contributed by atoms with Gasteiger partial charge in [-0.25, -0.2) is 0 Å². The molecule has 0 bridgehead atoms. The highest BCUT2D eigenvalue weighted by molar-refractivity contribution is 6.35. The fourth-order valence-corrected chi connectivity index (χ4v) is 3.37. The van der Waals surface area contributed by atoms with E-state index in [0.29, 0.717) is 10.0 Å². The first-order valence-electron chi connectivity index (χ1n) is 6.05. The summed E-state index contributed by atoms with van der Waals surface area (Å²) < 4.78 is 11.8. The second-order valence-electron chi connectivity index (χ2n) is 4.95. The van der Waals surface area contributed by atoms with Gasteiger partial charge in [-0.1, -0.05) is 23.2 Å². The normalized spacial score (nSPS) is 30.3. The van der Waals surface area contributed by atoms with E-state index in [1.54, 1.807) is 13.2 Å². The summed E-state index contributed by atoms with van der Waals surface area (Å²) >= 11 is 12.3. The van der Waals surface area contributed by atoms with Crippen LogP contribution in [-0.2, 0) is 4.74 Å². The van der Waals surface area contributed by atoms with Crippen LogP contribution in [0.1, 0.15) is 24.5 Å². The lowest BCUT2D eigenvalue weighted by atomic mass is 9.88. The molecule has 0 amide bonds. The number of fused-ring (bicyclic) bond motifs is 1. The van der Waals surface area contributed by atoms with E-state index < -0.39 is 0 Å². The van der Waals surface area contributed by atoms with Crippen LogP contribution in [0.25, 0.3) is 0 Å². The van der Waals surface area contributed by atoms with Crippen LogP contribution >= 0.6 is 23.2 Å². The molecule has 2 aliphatic heterocycles. The van der Waals surface area contributed by atoms with Gasteiger partial charge in [0.25, 0.3) is 0 Å². The molecular weight excluding hydrogens is 273 g/mol. The van der Waals surface area contributed by atoms with Gasteiger partial charge >= 0.3 is 0 Å². The molecule has 1 aromatic carbocycles. The van der Waals surface area contributed by atoms with E-state index in [0.717, 1.165) is 37.2 Å². The van der Waals surface area contributed by atoms with Crippen molar-refractivity contribution in [2.75, 3.05) is 20.2 Å². The van der Waals surface area contributed by atoms with E-state index in [4.69, 9.17) is 32.7 Å². The molecule has 2 atom stereocenters. The Morgan fingerprint density at radius 1 is 1.44 bits per heavy atom. The molecule has 2 aliphatic rings. The molecule has 2 heterocycles. The third kappa shape index (κ3) is 1.99. The molecule has 3 rings (SSSR count). The minimum Gasteiger partial charge on any atom is -0.484 e. The summed E-state index contributed by atoms with van der Waals surface area (Å²) in [5, 5.41) is 4.52. The standard InChI is InChI=1S/C13H15Cl2NO2/c1-17-11-6-13(2-3-16-7-13)18-12-9(11)4-8(14)5-10(12)15/h4-5,11,16H,2-3,6-7H2,1H3. The summed E-state index contributed by atoms with van der Waals surface area (Å²) in [7, 11) is 1.71. The van der Waals surface area contributed by atoms with Crippen molar-refractivity contribution >= 4 is 23.2 Å². The van der Waals surface area contributed by atoms with Crippen LogP contribution in [0.4, 0.5) is 0 Å². The summed E-state index contributed by atoms with van der Waals surface area (Å²) in [6.45, 7) is 1.81. The molecule has 0 saturated carbocycles. The van der Waals surface area contributed by atoms with Gasteiger partial charge < -0.3 is 14.8 Å². The lowest BCUT2D eigenvalue weighted by Gasteiger charge is -2.39. The van der Waals surface area contributed by atoms with E-state index in [2.05, 4.69) is 5.32 Å². The summed E-state index contributed by atoms with van der Waals surface area (Å²) in [4.78, 5) is 0. The number of methoxy groups -OCH3 is 1. The van der Waals surface area contributed by atoms with E-state index in [-0.39, 0.29) is 11.7 Å². The maximum Gasteiger partial charge on any atom is 0.144 e. The maximum atomic E-state index is 6.25. The molecule has 1 fully saturated rings. The van der Waals surface area contributed by atoms with Gasteiger partial charge in [-0.15, -0.1) is 0 Å². The van der Waals surface area contributed by atoms with Crippen LogP contribution in [-0.4, -0.2) is 25.8 Å². The fourth-order valence-electron chi connectivity index (χ4n) is 2.83. The van der Waals surface area contributed by atoms with Crippen LogP contribution in [0.15, 0.2) is 12.1 Å². The summed E-state index contributed by atoms with van der Waals surface area (Å²) in [5.74, 6) is 0.725. The monoisotopic (exact) mass is 287 g/mol. The molecule has 0 aliphatic carbocycles. The SMILES string of the molecule is COC1CC2(CCNC2)Oc2c(Cl)cc(Cl)cc21. The summed E-state index contributed by atoms with van der Waals surface area (Å²) in [5.41, 5.74) is 0.762. The zero-order valence-corrected chi connectivity index (χ0v) is 11.6. The van der Waals surface area contributed by atoms with Crippen molar-refractivity contribution in [2.45, 2.75) is 24.5 Å². The second-order valence-corrected chi connectivity index (χ2v) is 5.79. The highest BCUT2D eigenvalue weighted by Gasteiger charge is 2.44. The average Bonchev–Trinajstić information content (AvgIpc) is 2.78. The van der Waals surface area contributed by atoms with Crippen molar-refractivity contribution in [3.8, 4) is 5.75 Å². The van der Waals surface area contributed by atoms with Gasteiger partial charge in [0.1, 0.15) is 11.4 Å². The molecule has 5 heteroatoms. The minimum atomic E-state index is -0.189. The van der Waals surface area contributed by atoms with Gasteiger partial charge in [0, 0.05) is 37.1 Å². The Labute approximate surface area is 116 Å². The fraction of sp³-hybridized carbons (Fsp3) is 0.538. The Kier molecular flexibility index (Phi) is 3.18. The Morgan fingerprint density at radius 2 is 2.28 bits per heavy atom. The number of ether oxygens (including phenoxy) is 2. The molecule has 2 unspecified atom stereocenters. The van der Waals surface area contributed by atoms with Gasteiger partial charge in [0.15, 0.2) is 0 Å². The summed E-state index contributed by atoms with van der Waals surface area (Å²) in [6.07, 6.45) is 1.80. The van der Waals surface area contributed by atoms with E-state index >= 15 is 0 Å². The molecule has 98 valence electrons. The van der Waals surface area contributed by atoms with Crippen molar-refractivity contribution in [3.05, 3.63) is 27.7 Å². The number of hydrogen-bond donors (Lipinski definition) is 1. The van der Waals surface area contributed by atoms with Crippen molar-refractivity contribution in [3.63, 3.8) is 0 Å². The van der Waals surface area contributed by atoms with E-state index in [1.165, 1.54) is 0 Å². The highest BCUT2D eigenvalue weighted by Crippen LogP contribution is 2.47. The highest BCUT2D eigenvalue weighted by atomic mass is 35.5. The van der Waals surface area contributed by atoms with Crippen LogP contribution in [0, 0.1) is 0 Å². The Bertz CT molecular complexity index is 472. The molecule has 0 aromatic heterocycles. The Hall–Kier alpha value is -0.480. The topological polar surface area (TPSA) is 30.5 Å². The predicted molar refractivity (Wildman–Crippen MR) is 71.7 cm³/mol. The number of rotatable bonds is 1. The molecule has 18 heavy (non-hydrogen) atoms. The Balaban J connectivity index is 2.06. The number of nitrogens with one attached hydrogen (secondary N) is 1. The smallest absolute Gasteiger partial charge is 0.144 e. The quantitative estimate of drug-likeness (QED) is 0.861. The summed E-state index contributed by atoms with van der Waals surface area (Å²) in [6, 6.07) is 3.60. The van der Waals surface area contributed by atoms with Gasteiger partial charge in [0.2, 0.25) is 0 Å². The second kappa shape index (κ2) is 4.57. The zero-order chi connectivity index (χ0) is 12.8. The molecule has 1 saturated heterocycles. The van der Waals surface area contributed by atoms with Gasteiger partial charge in [0.05, 0.1) is 11.1 Å². The predicted octanol–water partition coefficient (Wildman–Crippen LogP) is 3.20. The molecule has 1 N–H and O–H groups in total. The van der Waals surface area contributed by atoms with Crippen molar-refractivity contribution in [1.82, 2.24) is 5.32 Å². The first kappa shape index (κ1) is 12.5. The zero-order valence-electron chi connectivity index (χ0n) is 10.1. The van der Waals surface area contributed by atoms with Crippen molar-refractivity contribution in [1.29, 1.82) is 0 Å². The number of benzene rings is 1. The lowest BCUT2D eigenvalue weighted by molar-refractivity contribution is -0.0202. The first-order chi connectivity index (χ1) is 8.63. The molecule has 0 radical (unpaired) electrons. The van der Waals surface area contributed by atoms with Crippen LogP contribution in [0.3, 0.4) is 0 Å². The third-order valence-electron chi connectivity index (χ3n) is 3.75. The third-order valence-corrected chi connectivity index (χ3v) is 4.25. The Morgan fingerprint density at radius 3 is 2.94 bits per heavy atom. The molecular formula is C13H15Cl2NO2. The lowest BCUT2D eigenvalue weighted by Crippen LogP contribution is -2.43. The minimum absolute atomic E-state index is 0.00940. The van der Waals surface area contributed by atoms with Gasteiger partial charge in [-0.2, -0.15) is 0 Å². The van der Waals surface area contributed by atoms with E-state index in [1.807, 2.05) is 6.07 Å². The molecule has 3 nitrogen and oxygen atoms in total. The van der Waals surface area contributed by atoms with Gasteiger partial charge in [-0.05, 0) is 18.7 Å². The van der Waals surface area contributed by atoms with Crippen molar-refractivity contribution in [2.24, 2.45) is 0 Å². The van der Waals surface area contributed by atoms with Gasteiger partial charge in [-0.3, -0.25) is 0 Å². The van der Waals surface area contributed by atoms with Crippen LogP contribution < -0.4 is 10.1 Å². The first-order valence-corrected chi connectivity index (χ1v) is 6.81. The van der Waals surface area contributed by atoms with E-state index in [9.17, 15) is 0 Å².